The maximum absolute atomic E-state index is 11.1. The molecule has 1 fully saturated rings. The fraction of sp³-hybridized carbons (Fsp3) is 0.226. The molecule has 0 saturated carbocycles. The molecular formula is C31H29N7O4S. The summed E-state index contributed by atoms with van der Waals surface area (Å²) in [6.07, 6.45) is -1.90. The predicted octanol–water partition coefficient (Wildman–Crippen LogP) is 4.72. The van der Waals surface area contributed by atoms with Crippen molar-refractivity contribution in [2.24, 2.45) is 4.99 Å². The van der Waals surface area contributed by atoms with Crippen LogP contribution in [0.5, 0.6) is 5.75 Å². The Morgan fingerprint density at radius 2 is 1.70 bits per heavy atom. The number of aliphatic hydroxyl groups is 1. The van der Waals surface area contributed by atoms with Gasteiger partial charge in [0.2, 0.25) is 0 Å². The quantitative estimate of drug-likeness (QED) is 0.243. The van der Waals surface area contributed by atoms with Gasteiger partial charge in [0, 0.05) is 29.9 Å². The minimum atomic E-state index is -1.07. The van der Waals surface area contributed by atoms with Crippen molar-refractivity contribution in [3.8, 4) is 27.9 Å². The van der Waals surface area contributed by atoms with Gasteiger partial charge in [-0.05, 0) is 18.2 Å². The lowest BCUT2D eigenvalue weighted by molar-refractivity contribution is 0.123. The fourth-order valence-electron chi connectivity index (χ4n) is 5.14. The zero-order chi connectivity index (χ0) is 29.2. The minimum Gasteiger partial charge on any atom is -0.496 e. The first-order valence-electron chi connectivity index (χ1n) is 13.9. The molecule has 5 aromatic rings. The molecule has 3 N–H and O–H groups in total. The molecule has 0 bridgehead atoms. The molecule has 2 aliphatic rings. The molecule has 7 rings (SSSR count). The van der Waals surface area contributed by atoms with Crippen LogP contribution in [0, 0.1) is 0 Å². The van der Waals surface area contributed by atoms with E-state index in [0.29, 0.717) is 18.9 Å². The standard InChI is InChI=1S/C31H29N7O4S/c1-40-23-14-8-6-12-21(23)29-34-25(30(43-29)38-15-17-41-18-16-38)28-36-37-31(42-28)35-26-27(39)32-22-13-7-5-11-20(22)24(33-26)19-9-3-2-4-10-19/h2-14,26-27,32,39H,15-18H2,1H3,(H,35,37)/t26-,27?/m1/s1. The van der Waals surface area contributed by atoms with E-state index in [9.17, 15) is 5.11 Å². The number of nitrogens with zero attached hydrogens (tertiary/aromatic N) is 5. The van der Waals surface area contributed by atoms with Crippen LogP contribution < -0.4 is 20.3 Å². The van der Waals surface area contributed by atoms with E-state index in [-0.39, 0.29) is 11.9 Å². The van der Waals surface area contributed by atoms with Gasteiger partial charge in [0.05, 0.1) is 31.6 Å². The first-order valence-corrected chi connectivity index (χ1v) is 14.7. The first kappa shape index (κ1) is 27.1. The monoisotopic (exact) mass is 595 g/mol. The number of para-hydroxylation sites is 2. The van der Waals surface area contributed by atoms with Crippen LogP contribution >= 0.6 is 11.3 Å². The number of morpholine rings is 1. The van der Waals surface area contributed by atoms with Crippen LogP contribution in [-0.4, -0.2) is 71.8 Å². The van der Waals surface area contributed by atoms with Crippen molar-refractivity contribution in [2.75, 3.05) is 48.9 Å². The molecule has 2 atom stereocenters. The van der Waals surface area contributed by atoms with E-state index in [0.717, 1.165) is 56.9 Å². The number of fused-ring (bicyclic) bond motifs is 1. The van der Waals surface area contributed by atoms with E-state index in [1.54, 1.807) is 18.4 Å². The molecule has 218 valence electrons. The van der Waals surface area contributed by atoms with E-state index >= 15 is 0 Å². The second kappa shape index (κ2) is 11.8. The highest BCUT2D eigenvalue weighted by atomic mass is 32.1. The number of aliphatic hydroxyl groups excluding tert-OH is 1. The van der Waals surface area contributed by atoms with Gasteiger partial charge in [-0.2, -0.15) is 0 Å². The van der Waals surface area contributed by atoms with Crippen molar-refractivity contribution in [2.45, 2.75) is 12.4 Å². The lowest BCUT2D eigenvalue weighted by Crippen LogP contribution is -2.37. The third-order valence-electron chi connectivity index (χ3n) is 7.24. The molecule has 0 amide bonds. The van der Waals surface area contributed by atoms with Crippen LogP contribution in [0.25, 0.3) is 22.2 Å². The van der Waals surface area contributed by atoms with Gasteiger partial charge in [0.25, 0.3) is 5.89 Å². The van der Waals surface area contributed by atoms with Crippen molar-refractivity contribution in [1.82, 2.24) is 15.2 Å². The Morgan fingerprint density at radius 1 is 0.953 bits per heavy atom. The Balaban J connectivity index is 1.23. The summed E-state index contributed by atoms with van der Waals surface area (Å²) >= 11 is 1.54. The van der Waals surface area contributed by atoms with Gasteiger partial charge in [-0.25, -0.2) is 4.98 Å². The number of benzene rings is 3. The molecule has 43 heavy (non-hydrogen) atoms. The highest BCUT2D eigenvalue weighted by Crippen LogP contribution is 2.43. The summed E-state index contributed by atoms with van der Waals surface area (Å²) in [7, 11) is 1.65. The number of benzodiazepines with no additional fused rings is 1. The first-order chi connectivity index (χ1) is 21.2. The van der Waals surface area contributed by atoms with Gasteiger partial charge in [-0.1, -0.05) is 77.1 Å². The molecule has 2 aromatic heterocycles. The summed E-state index contributed by atoms with van der Waals surface area (Å²) < 4.78 is 17.3. The molecule has 0 spiro atoms. The van der Waals surface area contributed by atoms with Crippen molar-refractivity contribution in [1.29, 1.82) is 0 Å². The lowest BCUT2D eigenvalue weighted by Gasteiger charge is -2.27. The van der Waals surface area contributed by atoms with E-state index in [2.05, 4.69) is 25.7 Å². The molecule has 12 heteroatoms. The molecule has 0 radical (unpaired) electrons. The number of thiazole rings is 1. The number of aromatic nitrogens is 3. The van der Waals surface area contributed by atoms with Crippen molar-refractivity contribution >= 4 is 33.8 Å². The fourth-order valence-corrected chi connectivity index (χ4v) is 6.28. The van der Waals surface area contributed by atoms with E-state index < -0.39 is 12.4 Å². The number of ether oxygens (including phenoxy) is 2. The van der Waals surface area contributed by atoms with Crippen molar-refractivity contribution in [3.63, 3.8) is 0 Å². The number of hydrogen-bond acceptors (Lipinski definition) is 12. The van der Waals surface area contributed by atoms with Crippen LogP contribution in [0.3, 0.4) is 0 Å². The molecule has 3 aromatic carbocycles. The summed E-state index contributed by atoms with van der Waals surface area (Å²) in [5.74, 6) is 0.986. The second-order valence-electron chi connectivity index (χ2n) is 9.95. The molecular weight excluding hydrogens is 566 g/mol. The third-order valence-corrected chi connectivity index (χ3v) is 8.39. The number of methoxy groups -OCH3 is 1. The number of anilines is 3. The van der Waals surface area contributed by atoms with Crippen molar-refractivity contribution in [3.05, 3.63) is 90.0 Å². The predicted molar refractivity (Wildman–Crippen MR) is 166 cm³/mol. The van der Waals surface area contributed by atoms with Crippen LogP contribution in [0.1, 0.15) is 11.1 Å². The van der Waals surface area contributed by atoms with E-state index in [1.165, 1.54) is 0 Å². The van der Waals surface area contributed by atoms with Crippen molar-refractivity contribution < 1.29 is 19.0 Å². The highest BCUT2D eigenvalue weighted by molar-refractivity contribution is 7.19. The Hall–Kier alpha value is -4.78. The summed E-state index contributed by atoms with van der Waals surface area (Å²) in [6, 6.07) is 25.5. The smallest absolute Gasteiger partial charge is 0.317 e. The number of hydrogen-bond donors (Lipinski definition) is 3. The minimum absolute atomic E-state index is 0.114. The molecule has 4 heterocycles. The third kappa shape index (κ3) is 5.43. The maximum Gasteiger partial charge on any atom is 0.317 e. The zero-order valence-electron chi connectivity index (χ0n) is 23.3. The van der Waals surface area contributed by atoms with E-state index in [4.69, 9.17) is 23.9 Å². The summed E-state index contributed by atoms with van der Waals surface area (Å²) in [5.41, 5.74) is 4.76. The molecule has 11 nitrogen and oxygen atoms in total. The number of nitrogens with one attached hydrogen (secondary N) is 2. The van der Waals surface area contributed by atoms with Gasteiger partial charge >= 0.3 is 6.01 Å². The normalized spacial score (nSPS) is 18.3. The largest absolute Gasteiger partial charge is 0.496 e. The van der Waals surface area contributed by atoms with Gasteiger partial charge in [0.15, 0.2) is 18.1 Å². The summed E-state index contributed by atoms with van der Waals surface area (Å²) in [6.45, 7) is 2.68. The Bertz CT molecular complexity index is 1750. The highest BCUT2D eigenvalue weighted by Gasteiger charge is 2.29. The second-order valence-corrected chi connectivity index (χ2v) is 10.9. The van der Waals surface area contributed by atoms with E-state index in [1.807, 2.05) is 78.9 Å². The number of rotatable bonds is 7. The van der Waals surface area contributed by atoms with Gasteiger partial charge in [0.1, 0.15) is 15.8 Å². The summed E-state index contributed by atoms with van der Waals surface area (Å²) in [4.78, 5) is 12.1. The zero-order valence-corrected chi connectivity index (χ0v) is 24.1. The topological polar surface area (TPSA) is 130 Å². The maximum atomic E-state index is 11.1. The summed E-state index contributed by atoms with van der Waals surface area (Å²) in [5, 5.41) is 27.7. The average Bonchev–Trinajstić information content (AvgIpc) is 3.69. The van der Waals surface area contributed by atoms with Crippen LogP contribution in [0.2, 0.25) is 0 Å². The van der Waals surface area contributed by atoms with Crippen LogP contribution in [-0.2, 0) is 4.74 Å². The molecule has 1 unspecified atom stereocenters. The Labute approximate surface area is 251 Å². The Kier molecular flexibility index (Phi) is 7.46. The average molecular weight is 596 g/mol. The Morgan fingerprint density at radius 3 is 2.51 bits per heavy atom. The van der Waals surface area contributed by atoms with Crippen LogP contribution in [0.15, 0.2) is 88.3 Å². The van der Waals surface area contributed by atoms with Gasteiger partial charge in [-0.15, -0.1) is 5.10 Å². The SMILES string of the molecule is COc1ccccc1-c1nc(-c2nnc(N[C@H]3N=C(c4ccccc4)c4ccccc4NC3O)o2)c(N2CCOCC2)s1. The van der Waals surface area contributed by atoms with Crippen LogP contribution in [0.4, 0.5) is 16.7 Å². The molecule has 0 aliphatic carbocycles. The lowest BCUT2D eigenvalue weighted by atomic mass is 10.0. The molecule has 2 aliphatic heterocycles. The number of aliphatic imine (C=N–C) groups is 1. The molecule has 1 saturated heterocycles. The van der Waals surface area contributed by atoms with Gasteiger partial charge in [-0.3, -0.25) is 4.99 Å². The van der Waals surface area contributed by atoms with Gasteiger partial charge < -0.3 is 34.5 Å².